The average molecular weight is 462 g/mol. The molecule has 32 heavy (non-hydrogen) atoms. The van der Waals surface area contributed by atoms with E-state index in [0.717, 1.165) is 60.9 Å². The van der Waals surface area contributed by atoms with Crippen LogP contribution in [0.15, 0.2) is 28.2 Å². The third-order valence-electron chi connectivity index (χ3n) is 6.18. The van der Waals surface area contributed by atoms with Crippen molar-refractivity contribution in [2.75, 3.05) is 51.6 Å². The van der Waals surface area contributed by atoms with Crippen LogP contribution in [0.1, 0.15) is 31.7 Å². The summed E-state index contributed by atoms with van der Waals surface area (Å²) >= 11 is 1.70. The molecule has 0 aliphatic carbocycles. The van der Waals surface area contributed by atoms with Gasteiger partial charge in [-0.05, 0) is 24.6 Å². The molecular weight excluding hydrogens is 430 g/mol. The van der Waals surface area contributed by atoms with Crippen LogP contribution >= 0.6 is 11.8 Å². The quantitative estimate of drug-likeness (QED) is 0.595. The number of benzene rings is 1. The number of piperazine rings is 1. The molecule has 3 amide bonds. The summed E-state index contributed by atoms with van der Waals surface area (Å²) in [6.45, 7) is 5.89. The molecule has 1 unspecified atom stereocenters. The summed E-state index contributed by atoms with van der Waals surface area (Å²) in [6, 6.07) is 4.81. The van der Waals surface area contributed by atoms with Crippen LogP contribution in [0.4, 0.5) is 4.79 Å². The zero-order valence-electron chi connectivity index (χ0n) is 18.4. The number of aliphatic hydroxyl groups excluding tert-OH is 1. The van der Waals surface area contributed by atoms with Gasteiger partial charge in [-0.2, -0.15) is 5.10 Å². The molecule has 1 aromatic rings. The Morgan fingerprint density at radius 1 is 1.19 bits per heavy atom. The van der Waals surface area contributed by atoms with E-state index in [-0.39, 0.29) is 37.0 Å². The molecule has 0 bridgehead atoms. The van der Waals surface area contributed by atoms with Crippen molar-refractivity contribution >= 4 is 29.4 Å². The number of fused-ring (bicyclic) bond motifs is 1. The van der Waals surface area contributed by atoms with Crippen molar-refractivity contribution in [1.82, 2.24) is 19.7 Å². The second kappa shape index (κ2) is 10.2. The van der Waals surface area contributed by atoms with Gasteiger partial charge in [0.25, 0.3) is 5.91 Å². The van der Waals surface area contributed by atoms with Crippen LogP contribution in [-0.2, 0) is 4.79 Å². The van der Waals surface area contributed by atoms with Crippen LogP contribution in [0, 0.1) is 0 Å². The number of imide groups is 1. The van der Waals surface area contributed by atoms with Gasteiger partial charge < -0.3 is 10.2 Å². The van der Waals surface area contributed by atoms with Gasteiger partial charge in [0.05, 0.1) is 18.5 Å². The van der Waals surface area contributed by atoms with Gasteiger partial charge in [-0.25, -0.2) is 14.7 Å². The number of phenolic OH excluding ortho intramolecular Hbond substituents is 1. The van der Waals surface area contributed by atoms with Crippen LogP contribution < -0.4 is 0 Å². The molecule has 1 aromatic carbocycles. The monoisotopic (exact) mass is 461 g/mol. The molecular formula is C22H31N5O4S. The fourth-order valence-electron chi connectivity index (χ4n) is 4.55. The lowest BCUT2D eigenvalue weighted by molar-refractivity contribution is -0.130. The van der Waals surface area contributed by atoms with Crippen molar-refractivity contribution < 1.29 is 19.8 Å². The van der Waals surface area contributed by atoms with Gasteiger partial charge in [-0.15, -0.1) is 11.8 Å². The second-order valence-corrected chi connectivity index (χ2v) is 9.44. The summed E-state index contributed by atoms with van der Waals surface area (Å²) in [5, 5.41) is 24.9. The van der Waals surface area contributed by atoms with E-state index in [4.69, 9.17) is 0 Å². The Balaban J connectivity index is 1.52. The van der Waals surface area contributed by atoms with E-state index >= 15 is 0 Å². The predicted octanol–water partition coefficient (Wildman–Crippen LogP) is 1.59. The highest BCUT2D eigenvalue weighted by Gasteiger charge is 2.43. The van der Waals surface area contributed by atoms with Gasteiger partial charge in [0.15, 0.2) is 0 Å². The van der Waals surface area contributed by atoms with E-state index in [1.165, 1.54) is 9.91 Å². The fourth-order valence-corrected chi connectivity index (χ4v) is 5.56. The number of carbonyl (C=O) groups excluding carboxylic acids is 2. The summed E-state index contributed by atoms with van der Waals surface area (Å²) in [7, 11) is 0. The summed E-state index contributed by atoms with van der Waals surface area (Å²) < 4.78 is 0. The molecule has 2 saturated heterocycles. The summed E-state index contributed by atoms with van der Waals surface area (Å²) in [4.78, 5) is 33.0. The maximum absolute atomic E-state index is 13.3. The number of hydrazone groups is 1. The highest BCUT2D eigenvalue weighted by atomic mass is 32.2. The molecule has 9 nitrogen and oxygen atoms in total. The predicted molar refractivity (Wildman–Crippen MR) is 123 cm³/mol. The SMILES string of the molecule is CCCC(N1CCN(CCO)CC1)N1C(=O)CN(/N=C2\CCSc3ccc(O)cc32)C1=O. The van der Waals surface area contributed by atoms with Crippen molar-refractivity contribution in [2.45, 2.75) is 37.2 Å². The Hall–Kier alpha value is -2.14. The van der Waals surface area contributed by atoms with Crippen molar-refractivity contribution in [3.05, 3.63) is 23.8 Å². The highest BCUT2D eigenvalue weighted by Crippen LogP contribution is 2.33. The molecule has 10 heteroatoms. The van der Waals surface area contributed by atoms with E-state index in [1.54, 1.807) is 23.9 Å². The van der Waals surface area contributed by atoms with Crippen molar-refractivity contribution in [3.8, 4) is 5.75 Å². The number of nitrogens with zero attached hydrogens (tertiary/aromatic N) is 5. The molecule has 3 heterocycles. The van der Waals surface area contributed by atoms with Gasteiger partial charge in [-0.3, -0.25) is 14.6 Å². The number of urea groups is 1. The minimum absolute atomic E-state index is 0.0612. The minimum atomic E-state index is -0.376. The van der Waals surface area contributed by atoms with Crippen molar-refractivity contribution in [1.29, 1.82) is 0 Å². The van der Waals surface area contributed by atoms with E-state index in [1.807, 2.05) is 6.07 Å². The molecule has 2 fully saturated rings. The first-order valence-electron chi connectivity index (χ1n) is 11.3. The molecule has 0 spiro atoms. The first-order chi connectivity index (χ1) is 15.5. The number of hydrogen-bond acceptors (Lipinski definition) is 8. The van der Waals surface area contributed by atoms with Gasteiger partial charge in [-0.1, -0.05) is 13.3 Å². The first kappa shape index (κ1) is 23.0. The van der Waals surface area contributed by atoms with Crippen molar-refractivity contribution in [3.63, 3.8) is 0 Å². The fraction of sp³-hybridized carbons (Fsp3) is 0.591. The summed E-state index contributed by atoms with van der Waals surface area (Å²) in [5.41, 5.74) is 1.55. The lowest BCUT2D eigenvalue weighted by atomic mass is 10.1. The molecule has 0 saturated carbocycles. The third-order valence-corrected chi connectivity index (χ3v) is 7.26. The van der Waals surface area contributed by atoms with Gasteiger partial charge >= 0.3 is 6.03 Å². The Morgan fingerprint density at radius 2 is 1.97 bits per heavy atom. The maximum Gasteiger partial charge on any atom is 0.349 e. The number of hydrogen-bond donors (Lipinski definition) is 2. The largest absolute Gasteiger partial charge is 0.508 e. The smallest absolute Gasteiger partial charge is 0.349 e. The molecule has 0 radical (unpaired) electrons. The van der Waals surface area contributed by atoms with Crippen LogP contribution in [-0.4, -0.2) is 105 Å². The molecule has 0 aromatic heterocycles. The van der Waals surface area contributed by atoms with Crippen LogP contribution in [0.25, 0.3) is 0 Å². The Kier molecular flexibility index (Phi) is 7.34. The van der Waals surface area contributed by atoms with E-state index in [0.29, 0.717) is 13.0 Å². The van der Waals surface area contributed by atoms with Crippen LogP contribution in [0.2, 0.25) is 0 Å². The topological polar surface area (TPSA) is 99.9 Å². The molecule has 4 rings (SSSR count). The molecule has 2 N–H and O–H groups in total. The first-order valence-corrected chi connectivity index (χ1v) is 12.2. The average Bonchev–Trinajstić information content (AvgIpc) is 3.06. The third kappa shape index (κ3) is 4.78. The zero-order valence-corrected chi connectivity index (χ0v) is 19.3. The Bertz CT molecular complexity index is 887. The standard InChI is InChI=1S/C22H31N5O4S/c1-2-3-20(25-9-7-24(8-10-25)11-12-28)27-21(30)15-26(22(27)31)23-18-6-13-32-19-5-4-16(29)14-17(18)19/h4-5,14,20,28-29H,2-3,6-13,15H2,1H3/b23-18+. The normalized spacial score (nSPS) is 22.6. The lowest BCUT2D eigenvalue weighted by Crippen LogP contribution is -2.57. The van der Waals surface area contributed by atoms with Crippen LogP contribution in [0.3, 0.4) is 0 Å². The molecule has 1 atom stereocenters. The number of amides is 3. The number of rotatable bonds is 7. The lowest BCUT2D eigenvalue weighted by Gasteiger charge is -2.41. The summed E-state index contributed by atoms with van der Waals surface area (Å²) in [5.74, 6) is 0.775. The summed E-state index contributed by atoms with van der Waals surface area (Å²) in [6.07, 6.45) is 1.97. The van der Waals surface area contributed by atoms with Crippen molar-refractivity contribution in [2.24, 2.45) is 5.10 Å². The number of aliphatic hydroxyl groups is 1. The zero-order chi connectivity index (χ0) is 22.7. The molecule has 3 aliphatic heterocycles. The number of aromatic hydroxyl groups is 1. The Labute approximate surface area is 192 Å². The van der Waals surface area contributed by atoms with E-state index in [9.17, 15) is 19.8 Å². The van der Waals surface area contributed by atoms with E-state index in [2.05, 4.69) is 21.8 Å². The van der Waals surface area contributed by atoms with Crippen LogP contribution in [0.5, 0.6) is 5.75 Å². The number of β-amino-alcohol motifs (C(OH)–C–C–N with tert-alkyl or cyclic N) is 1. The Morgan fingerprint density at radius 3 is 2.69 bits per heavy atom. The minimum Gasteiger partial charge on any atom is -0.508 e. The van der Waals surface area contributed by atoms with Gasteiger partial charge in [0.1, 0.15) is 12.3 Å². The molecule has 3 aliphatic rings. The number of phenols is 1. The highest BCUT2D eigenvalue weighted by molar-refractivity contribution is 7.99. The molecule has 174 valence electrons. The number of thioether (sulfide) groups is 1. The second-order valence-electron chi connectivity index (χ2n) is 8.30. The maximum atomic E-state index is 13.3. The van der Waals surface area contributed by atoms with Gasteiger partial charge in [0.2, 0.25) is 0 Å². The number of carbonyl (C=O) groups is 2. The van der Waals surface area contributed by atoms with E-state index < -0.39 is 0 Å². The van der Waals surface area contributed by atoms with Gasteiger partial charge in [0, 0.05) is 55.4 Å².